The first kappa shape index (κ1) is 16.1. The van der Waals surface area contributed by atoms with E-state index in [2.05, 4.69) is 6.07 Å². The Morgan fingerprint density at radius 2 is 1.88 bits per heavy atom. The molecule has 1 heterocycles. The summed E-state index contributed by atoms with van der Waals surface area (Å²) in [6, 6.07) is 14.1. The van der Waals surface area contributed by atoms with Gasteiger partial charge in [-0.1, -0.05) is 36.4 Å². The van der Waals surface area contributed by atoms with Crippen LogP contribution in [0.4, 0.5) is 9.18 Å². The van der Waals surface area contributed by atoms with Crippen molar-refractivity contribution in [2.45, 2.75) is 37.5 Å². The SMILES string of the molecule is NC1CCC1OC(=O)N1CCc2ccccc2[C@@H]1c1ccc(F)cc1. The number of hydrogen-bond donors (Lipinski definition) is 1. The zero-order chi connectivity index (χ0) is 17.4. The lowest BCUT2D eigenvalue weighted by Gasteiger charge is -2.40. The highest BCUT2D eigenvalue weighted by Crippen LogP contribution is 2.36. The molecule has 1 fully saturated rings. The second-order valence-corrected chi connectivity index (χ2v) is 6.76. The monoisotopic (exact) mass is 340 g/mol. The Balaban J connectivity index is 1.67. The standard InChI is InChI=1S/C20H21FN2O2/c21-15-7-5-14(6-8-15)19-16-4-2-1-3-13(16)11-12-23(19)20(24)25-18-10-9-17(18)22/h1-8,17-19H,9-12,22H2/t17?,18?,19-/m0/s1. The van der Waals surface area contributed by atoms with E-state index in [1.165, 1.54) is 17.7 Å². The highest BCUT2D eigenvalue weighted by atomic mass is 19.1. The summed E-state index contributed by atoms with van der Waals surface area (Å²) >= 11 is 0. The molecule has 25 heavy (non-hydrogen) atoms. The van der Waals surface area contributed by atoms with Crippen LogP contribution in [0.5, 0.6) is 0 Å². The van der Waals surface area contributed by atoms with Crippen molar-refractivity contribution >= 4 is 6.09 Å². The predicted octanol–water partition coefficient (Wildman–Crippen LogP) is 3.40. The Morgan fingerprint density at radius 1 is 1.12 bits per heavy atom. The van der Waals surface area contributed by atoms with Crippen molar-refractivity contribution in [1.29, 1.82) is 0 Å². The van der Waals surface area contributed by atoms with Crippen LogP contribution in [0.2, 0.25) is 0 Å². The molecule has 2 aliphatic rings. The molecule has 1 amide bonds. The van der Waals surface area contributed by atoms with E-state index in [1.54, 1.807) is 17.0 Å². The molecule has 1 aliphatic heterocycles. The summed E-state index contributed by atoms with van der Waals surface area (Å²) in [6.07, 6.45) is 1.95. The Labute approximate surface area is 146 Å². The van der Waals surface area contributed by atoms with Crippen LogP contribution in [0.3, 0.4) is 0 Å². The number of ether oxygens (including phenoxy) is 1. The fourth-order valence-corrected chi connectivity index (χ4v) is 3.61. The molecule has 2 aromatic carbocycles. The molecule has 0 saturated heterocycles. The topological polar surface area (TPSA) is 55.6 Å². The molecular formula is C20H21FN2O2. The van der Waals surface area contributed by atoms with Gasteiger partial charge in [0.1, 0.15) is 11.9 Å². The van der Waals surface area contributed by atoms with E-state index < -0.39 is 0 Å². The lowest BCUT2D eigenvalue weighted by molar-refractivity contribution is 0.00721. The highest BCUT2D eigenvalue weighted by Gasteiger charge is 2.37. The van der Waals surface area contributed by atoms with Gasteiger partial charge in [0.25, 0.3) is 0 Å². The third-order valence-electron chi connectivity index (χ3n) is 5.22. The molecule has 1 aliphatic carbocycles. The molecule has 0 bridgehead atoms. The molecule has 2 N–H and O–H groups in total. The number of amides is 1. The first-order valence-electron chi connectivity index (χ1n) is 8.69. The third kappa shape index (κ3) is 3.00. The zero-order valence-corrected chi connectivity index (χ0v) is 13.9. The van der Waals surface area contributed by atoms with E-state index >= 15 is 0 Å². The molecule has 4 nitrogen and oxygen atoms in total. The number of hydrogen-bond acceptors (Lipinski definition) is 3. The van der Waals surface area contributed by atoms with Crippen LogP contribution in [0.25, 0.3) is 0 Å². The zero-order valence-electron chi connectivity index (χ0n) is 13.9. The molecule has 0 radical (unpaired) electrons. The summed E-state index contributed by atoms with van der Waals surface area (Å²) in [6.45, 7) is 0.569. The van der Waals surface area contributed by atoms with Gasteiger partial charge in [-0.05, 0) is 48.1 Å². The van der Waals surface area contributed by atoms with Gasteiger partial charge in [0.15, 0.2) is 0 Å². The van der Waals surface area contributed by atoms with Crippen molar-refractivity contribution < 1.29 is 13.9 Å². The number of fused-ring (bicyclic) bond motifs is 1. The minimum Gasteiger partial charge on any atom is -0.444 e. The van der Waals surface area contributed by atoms with E-state index in [9.17, 15) is 9.18 Å². The van der Waals surface area contributed by atoms with E-state index in [4.69, 9.17) is 10.5 Å². The van der Waals surface area contributed by atoms with Gasteiger partial charge in [-0.25, -0.2) is 9.18 Å². The molecular weight excluding hydrogens is 319 g/mol. The third-order valence-corrected chi connectivity index (χ3v) is 5.22. The van der Waals surface area contributed by atoms with Crippen LogP contribution >= 0.6 is 0 Å². The summed E-state index contributed by atoms with van der Waals surface area (Å²) < 4.78 is 19.0. The van der Waals surface area contributed by atoms with Gasteiger partial charge < -0.3 is 10.5 Å². The van der Waals surface area contributed by atoms with E-state index in [-0.39, 0.29) is 30.1 Å². The second kappa shape index (κ2) is 6.48. The number of carbonyl (C=O) groups excluding carboxylic acids is 1. The average Bonchev–Trinajstić information content (AvgIpc) is 2.64. The van der Waals surface area contributed by atoms with Crippen molar-refractivity contribution in [3.05, 3.63) is 71.0 Å². The number of nitrogens with two attached hydrogens (primary N) is 1. The maximum Gasteiger partial charge on any atom is 0.410 e. The molecule has 2 unspecified atom stereocenters. The summed E-state index contributed by atoms with van der Waals surface area (Å²) in [5, 5.41) is 0. The minimum atomic E-state index is -0.344. The molecule has 130 valence electrons. The number of benzene rings is 2. The highest BCUT2D eigenvalue weighted by molar-refractivity contribution is 5.70. The van der Waals surface area contributed by atoms with Gasteiger partial charge in [0.2, 0.25) is 0 Å². The maximum atomic E-state index is 13.4. The molecule has 3 atom stereocenters. The first-order chi connectivity index (χ1) is 12.1. The summed E-state index contributed by atoms with van der Waals surface area (Å²) in [4.78, 5) is 14.5. The normalized spacial score (nSPS) is 25.0. The van der Waals surface area contributed by atoms with Crippen molar-refractivity contribution in [2.75, 3.05) is 6.54 Å². The Bertz CT molecular complexity index is 778. The predicted molar refractivity (Wildman–Crippen MR) is 92.6 cm³/mol. The Morgan fingerprint density at radius 3 is 2.56 bits per heavy atom. The molecule has 2 aromatic rings. The van der Waals surface area contributed by atoms with Crippen LogP contribution in [-0.2, 0) is 11.2 Å². The molecule has 0 aromatic heterocycles. The first-order valence-corrected chi connectivity index (χ1v) is 8.69. The van der Waals surface area contributed by atoms with Crippen molar-refractivity contribution in [1.82, 2.24) is 4.90 Å². The Kier molecular flexibility index (Phi) is 4.17. The van der Waals surface area contributed by atoms with Gasteiger partial charge in [-0.15, -0.1) is 0 Å². The van der Waals surface area contributed by atoms with Gasteiger partial charge >= 0.3 is 6.09 Å². The van der Waals surface area contributed by atoms with Crippen LogP contribution in [0.15, 0.2) is 48.5 Å². The number of halogens is 1. The van der Waals surface area contributed by atoms with Crippen molar-refractivity contribution in [3.8, 4) is 0 Å². The van der Waals surface area contributed by atoms with Crippen molar-refractivity contribution in [3.63, 3.8) is 0 Å². The quantitative estimate of drug-likeness (QED) is 0.912. The van der Waals surface area contributed by atoms with Gasteiger partial charge in [-0.3, -0.25) is 4.90 Å². The molecule has 4 rings (SSSR count). The number of nitrogens with zero attached hydrogens (tertiary/aromatic N) is 1. The summed E-state index contributed by atoms with van der Waals surface area (Å²) in [5.41, 5.74) is 9.05. The minimum absolute atomic E-state index is 0.0645. The summed E-state index contributed by atoms with van der Waals surface area (Å²) in [7, 11) is 0. The fraction of sp³-hybridized carbons (Fsp3) is 0.350. The van der Waals surface area contributed by atoms with E-state index in [0.717, 1.165) is 30.4 Å². The molecule has 1 saturated carbocycles. The van der Waals surface area contributed by atoms with Crippen molar-refractivity contribution in [2.24, 2.45) is 5.73 Å². The van der Waals surface area contributed by atoms with E-state index in [1.807, 2.05) is 18.2 Å². The van der Waals surface area contributed by atoms with E-state index in [0.29, 0.717) is 6.54 Å². The van der Waals surface area contributed by atoms with Crippen LogP contribution < -0.4 is 5.73 Å². The van der Waals surface area contributed by atoms with Crippen LogP contribution in [0, 0.1) is 5.82 Å². The smallest absolute Gasteiger partial charge is 0.410 e. The fourth-order valence-electron chi connectivity index (χ4n) is 3.61. The van der Waals surface area contributed by atoms with Gasteiger partial charge in [0.05, 0.1) is 6.04 Å². The number of rotatable bonds is 2. The largest absolute Gasteiger partial charge is 0.444 e. The average molecular weight is 340 g/mol. The van der Waals surface area contributed by atoms with Crippen LogP contribution in [0.1, 0.15) is 35.6 Å². The maximum absolute atomic E-state index is 13.4. The second-order valence-electron chi connectivity index (χ2n) is 6.76. The number of carbonyl (C=O) groups is 1. The lowest BCUT2D eigenvalue weighted by atomic mass is 9.88. The lowest BCUT2D eigenvalue weighted by Crippen LogP contribution is -2.50. The van der Waals surface area contributed by atoms with Gasteiger partial charge in [-0.2, -0.15) is 0 Å². The van der Waals surface area contributed by atoms with Gasteiger partial charge in [0, 0.05) is 12.6 Å². The molecule has 5 heteroatoms. The molecule has 0 spiro atoms. The van der Waals surface area contributed by atoms with Crippen LogP contribution in [-0.4, -0.2) is 29.7 Å². The summed E-state index contributed by atoms with van der Waals surface area (Å²) in [5.74, 6) is -0.289. The Hall–Kier alpha value is -2.40.